The maximum atomic E-state index is 13.0. The molecule has 10 nitrogen and oxygen atoms in total. The Balaban J connectivity index is 1.82. The third-order valence-electron chi connectivity index (χ3n) is 4.63. The van der Waals surface area contributed by atoms with Crippen LogP contribution < -0.4 is 15.0 Å². The van der Waals surface area contributed by atoms with Crippen LogP contribution in [0, 0.1) is 0 Å². The highest BCUT2D eigenvalue weighted by molar-refractivity contribution is 7.86. The molecule has 0 bridgehead atoms. The van der Waals surface area contributed by atoms with Gasteiger partial charge in [-0.2, -0.15) is 45.2 Å². The molecule has 1 aromatic heterocycles. The van der Waals surface area contributed by atoms with Crippen LogP contribution in [0.3, 0.4) is 0 Å². The lowest BCUT2D eigenvalue weighted by atomic mass is 10.2. The minimum atomic E-state index is -4.48. The number of hydrogen-bond acceptors (Lipinski definition) is 8. The van der Waals surface area contributed by atoms with Crippen molar-refractivity contribution in [3.8, 4) is 6.01 Å². The van der Waals surface area contributed by atoms with Gasteiger partial charge in [0.15, 0.2) is 0 Å². The van der Waals surface area contributed by atoms with Crippen molar-refractivity contribution in [2.75, 3.05) is 57.1 Å². The predicted molar refractivity (Wildman–Crippen MR) is 112 cm³/mol. The average Bonchev–Trinajstić information content (AvgIpc) is 2.73. The molecule has 0 radical (unpaired) electrons. The topological polar surface area (TPSA) is 104 Å². The number of alkyl halides is 3. The number of anilines is 3. The Morgan fingerprint density at radius 1 is 1.12 bits per heavy atom. The van der Waals surface area contributed by atoms with E-state index >= 15 is 0 Å². The third-order valence-corrected chi connectivity index (χ3v) is 6.57. The van der Waals surface area contributed by atoms with Crippen molar-refractivity contribution in [1.29, 1.82) is 0 Å². The number of piperazine rings is 1. The van der Waals surface area contributed by atoms with E-state index < -0.39 is 21.9 Å². The summed E-state index contributed by atoms with van der Waals surface area (Å²) in [6, 6.07) is 4.67. The number of nitrogens with one attached hydrogen (secondary N) is 1. The van der Waals surface area contributed by atoms with E-state index in [0.29, 0.717) is 13.1 Å². The van der Waals surface area contributed by atoms with Crippen molar-refractivity contribution in [2.45, 2.75) is 13.1 Å². The third kappa shape index (κ3) is 5.55. The highest BCUT2D eigenvalue weighted by atomic mass is 32.2. The number of rotatable bonds is 7. The molecule has 0 amide bonds. The molecule has 2 heterocycles. The smallest absolute Gasteiger partial charge is 0.416 e. The van der Waals surface area contributed by atoms with E-state index in [4.69, 9.17) is 4.74 Å². The largest absolute Gasteiger partial charge is 0.464 e. The van der Waals surface area contributed by atoms with Crippen LogP contribution in [0.5, 0.6) is 6.01 Å². The van der Waals surface area contributed by atoms with Gasteiger partial charge >= 0.3 is 12.2 Å². The molecule has 0 unspecified atom stereocenters. The van der Waals surface area contributed by atoms with Gasteiger partial charge in [-0.3, -0.25) is 0 Å². The Morgan fingerprint density at radius 3 is 2.41 bits per heavy atom. The second kappa shape index (κ2) is 9.42. The van der Waals surface area contributed by atoms with Gasteiger partial charge in [0.25, 0.3) is 10.2 Å². The zero-order valence-corrected chi connectivity index (χ0v) is 18.6. The molecule has 3 rings (SSSR count). The number of hydrogen-bond donors (Lipinski definition) is 1. The zero-order valence-electron chi connectivity index (χ0n) is 17.8. The summed E-state index contributed by atoms with van der Waals surface area (Å²) in [5, 5.41) is 2.76. The number of ether oxygens (including phenoxy) is 1. The highest BCUT2D eigenvalue weighted by Crippen LogP contribution is 2.31. The Hall–Kier alpha value is -2.71. The normalized spacial score (nSPS) is 15.8. The van der Waals surface area contributed by atoms with Gasteiger partial charge in [-0.05, 0) is 25.1 Å². The standard InChI is InChI=1S/C18H24F3N7O3S/c1-4-31-17-24-15(22-14-7-5-6-13(12-14)18(19,20)21)23-16(25-17)27-8-10-28(11-9-27)32(29,30)26(2)3/h5-7,12H,4,8-11H2,1-3H3,(H,22,23,24,25). The number of aromatic nitrogens is 3. The Labute approximate surface area is 184 Å². The first kappa shape index (κ1) is 23.9. The van der Waals surface area contributed by atoms with Gasteiger partial charge in [-0.25, -0.2) is 0 Å². The first-order valence-electron chi connectivity index (χ1n) is 9.76. The van der Waals surface area contributed by atoms with Crippen molar-refractivity contribution in [3.63, 3.8) is 0 Å². The second-order valence-corrected chi connectivity index (χ2v) is 9.20. The number of halogens is 3. The van der Waals surface area contributed by atoms with E-state index in [-0.39, 0.29) is 43.3 Å². The fourth-order valence-corrected chi connectivity index (χ4v) is 4.08. The first-order valence-corrected chi connectivity index (χ1v) is 11.2. The molecule has 1 aliphatic heterocycles. The van der Waals surface area contributed by atoms with Gasteiger partial charge < -0.3 is 15.0 Å². The van der Waals surface area contributed by atoms with Crippen LogP contribution in [0.4, 0.5) is 30.8 Å². The van der Waals surface area contributed by atoms with Gasteiger partial charge in [0.05, 0.1) is 12.2 Å². The summed E-state index contributed by atoms with van der Waals surface area (Å²) < 4.78 is 71.5. The predicted octanol–water partition coefficient (Wildman–Crippen LogP) is 1.96. The van der Waals surface area contributed by atoms with Gasteiger partial charge in [-0.1, -0.05) is 6.07 Å². The summed E-state index contributed by atoms with van der Waals surface area (Å²) in [4.78, 5) is 14.4. The molecular formula is C18H24F3N7O3S. The lowest BCUT2D eigenvalue weighted by molar-refractivity contribution is -0.137. The monoisotopic (exact) mass is 475 g/mol. The highest BCUT2D eigenvalue weighted by Gasteiger charge is 2.31. The summed E-state index contributed by atoms with van der Waals surface area (Å²) in [7, 11) is -0.597. The Morgan fingerprint density at radius 2 is 1.81 bits per heavy atom. The van der Waals surface area contributed by atoms with Gasteiger partial charge in [0.2, 0.25) is 11.9 Å². The van der Waals surface area contributed by atoms with Crippen LogP contribution in [-0.2, 0) is 16.4 Å². The molecule has 32 heavy (non-hydrogen) atoms. The van der Waals surface area contributed by atoms with E-state index in [9.17, 15) is 21.6 Å². The lowest BCUT2D eigenvalue weighted by Crippen LogP contribution is -2.52. The van der Waals surface area contributed by atoms with E-state index in [0.717, 1.165) is 16.4 Å². The average molecular weight is 475 g/mol. The fraction of sp³-hybridized carbons (Fsp3) is 0.500. The van der Waals surface area contributed by atoms with Gasteiger partial charge in [0.1, 0.15) is 0 Å². The van der Waals surface area contributed by atoms with E-state index in [1.807, 2.05) is 0 Å². The summed E-state index contributed by atoms with van der Waals surface area (Å²) in [6.45, 7) is 3.13. The molecule has 0 spiro atoms. The van der Waals surface area contributed by atoms with Crippen LogP contribution in [-0.4, -0.2) is 78.9 Å². The van der Waals surface area contributed by atoms with Gasteiger partial charge in [0, 0.05) is 46.0 Å². The molecule has 0 saturated carbocycles. The SMILES string of the molecule is CCOc1nc(Nc2cccc(C(F)(F)F)c2)nc(N2CCN(S(=O)(=O)N(C)C)CC2)n1. The van der Waals surface area contributed by atoms with Crippen molar-refractivity contribution in [3.05, 3.63) is 29.8 Å². The minimum absolute atomic E-state index is 0.00955. The van der Waals surface area contributed by atoms with Crippen LogP contribution in [0.25, 0.3) is 0 Å². The van der Waals surface area contributed by atoms with Crippen LogP contribution >= 0.6 is 0 Å². The van der Waals surface area contributed by atoms with Gasteiger partial charge in [-0.15, -0.1) is 0 Å². The maximum absolute atomic E-state index is 13.0. The molecular weight excluding hydrogens is 451 g/mol. The number of nitrogens with zero attached hydrogens (tertiary/aromatic N) is 6. The molecule has 1 saturated heterocycles. The zero-order chi connectivity index (χ0) is 23.5. The molecule has 0 atom stereocenters. The molecule has 1 N–H and O–H groups in total. The van der Waals surface area contributed by atoms with E-state index in [1.54, 1.807) is 11.8 Å². The Kier molecular flexibility index (Phi) is 7.05. The summed E-state index contributed by atoms with van der Waals surface area (Å²) in [5.74, 6) is 0.251. The molecule has 176 valence electrons. The van der Waals surface area contributed by atoms with E-state index in [2.05, 4.69) is 20.3 Å². The van der Waals surface area contributed by atoms with Crippen molar-refractivity contribution in [1.82, 2.24) is 23.6 Å². The second-order valence-electron chi connectivity index (χ2n) is 7.05. The first-order chi connectivity index (χ1) is 15.0. The quantitative estimate of drug-likeness (QED) is 0.648. The van der Waals surface area contributed by atoms with Crippen molar-refractivity contribution in [2.24, 2.45) is 0 Å². The number of benzene rings is 1. The lowest BCUT2D eigenvalue weighted by Gasteiger charge is -2.35. The minimum Gasteiger partial charge on any atom is -0.464 e. The summed E-state index contributed by atoms with van der Waals surface area (Å²) in [6.07, 6.45) is -4.48. The Bertz CT molecular complexity index is 1040. The molecule has 1 aromatic carbocycles. The molecule has 14 heteroatoms. The van der Waals surface area contributed by atoms with Crippen LogP contribution in [0.15, 0.2) is 24.3 Å². The summed E-state index contributed by atoms with van der Waals surface area (Å²) in [5.41, 5.74) is -0.652. The maximum Gasteiger partial charge on any atom is 0.416 e. The summed E-state index contributed by atoms with van der Waals surface area (Å²) >= 11 is 0. The van der Waals surface area contributed by atoms with Crippen molar-refractivity contribution >= 4 is 27.8 Å². The molecule has 1 fully saturated rings. The van der Waals surface area contributed by atoms with Crippen LogP contribution in [0.1, 0.15) is 12.5 Å². The van der Waals surface area contributed by atoms with E-state index in [1.165, 1.54) is 30.5 Å². The fourth-order valence-electron chi connectivity index (χ4n) is 2.99. The molecule has 0 aliphatic carbocycles. The molecule has 2 aromatic rings. The van der Waals surface area contributed by atoms with Crippen molar-refractivity contribution < 1.29 is 26.3 Å². The van der Waals surface area contributed by atoms with Crippen LogP contribution in [0.2, 0.25) is 0 Å². The molecule has 1 aliphatic rings.